The summed E-state index contributed by atoms with van der Waals surface area (Å²) in [4.78, 5) is 2.68. The molecule has 0 spiro atoms. The molecule has 4 atom stereocenters. The number of anilines is 2. The van der Waals surface area contributed by atoms with Gasteiger partial charge in [-0.1, -0.05) is 112 Å². The molecule has 2 N–H and O–H groups in total. The van der Waals surface area contributed by atoms with Crippen LogP contribution in [0.1, 0.15) is 122 Å². The number of piperidine rings is 1. The van der Waals surface area contributed by atoms with Gasteiger partial charge < -0.3 is 23.0 Å². The first-order valence-corrected chi connectivity index (χ1v) is 36.9. The lowest BCUT2D eigenvalue weighted by Crippen LogP contribution is -2.70. The fourth-order valence-corrected chi connectivity index (χ4v) is 13.3. The van der Waals surface area contributed by atoms with Gasteiger partial charge in [0.2, 0.25) is 10.0 Å². The normalized spacial score (nSPS) is 22.3. The highest BCUT2D eigenvalue weighted by Crippen LogP contribution is 2.46. The average molecular weight is 994 g/mol. The van der Waals surface area contributed by atoms with Gasteiger partial charge in [0.25, 0.3) is 0 Å². The van der Waals surface area contributed by atoms with E-state index in [9.17, 15) is 8.42 Å². The number of halogens is 1. The lowest BCUT2D eigenvalue weighted by molar-refractivity contribution is -0.128. The van der Waals surface area contributed by atoms with Crippen molar-refractivity contribution in [2.24, 2.45) is 0 Å². The Morgan fingerprint density at radius 2 is 1.12 bits per heavy atom. The van der Waals surface area contributed by atoms with Gasteiger partial charge in [-0.3, -0.25) is 9.62 Å². The zero-order chi connectivity index (χ0) is 46.1. The van der Waals surface area contributed by atoms with Gasteiger partial charge in [-0.2, -0.15) is 0 Å². The van der Waals surface area contributed by atoms with Crippen molar-refractivity contribution < 1.29 is 26.1 Å². The molecule has 1 aliphatic heterocycles. The molecule has 1 saturated carbocycles. The van der Waals surface area contributed by atoms with Crippen LogP contribution < -0.4 is 10.0 Å². The van der Waals surface area contributed by atoms with Crippen molar-refractivity contribution in [1.82, 2.24) is 4.90 Å². The van der Waals surface area contributed by atoms with Crippen molar-refractivity contribution in [2.45, 2.75) is 224 Å². The Hall–Kier alpha value is -0.0825. The molecule has 1 saturated heterocycles. The van der Waals surface area contributed by atoms with Gasteiger partial charge in [0.1, 0.15) is 0 Å². The topological polar surface area (TPSA) is 98.4 Å². The number of sulfonamides is 1. The van der Waals surface area contributed by atoms with Crippen molar-refractivity contribution in [3.05, 3.63) is 22.7 Å². The minimum absolute atomic E-state index is 0.0215. The highest BCUT2D eigenvalue weighted by molar-refractivity contribution is 9.10. The quantitative estimate of drug-likeness (QED) is 0.0985. The molecule has 0 radical (unpaired) electrons. The molecular formula is C45H90BrN3O6SSi4. The van der Waals surface area contributed by atoms with Crippen molar-refractivity contribution >= 4 is 70.6 Å². The fourth-order valence-electron chi connectivity index (χ4n) is 6.46. The van der Waals surface area contributed by atoms with E-state index in [0.29, 0.717) is 12.3 Å². The van der Waals surface area contributed by atoms with E-state index in [1.165, 1.54) is 0 Å². The molecule has 2 fully saturated rings. The molecule has 350 valence electrons. The van der Waals surface area contributed by atoms with Crippen LogP contribution in [0.25, 0.3) is 0 Å². The van der Waals surface area contributed by atoms with E-state index in [4.69, 9.17) is 17.7 Å². The Balaban J connectivity index is 1.92. The third-order valence-electron chi connectivity index (χ3n) is 14.9. The minimum Gasteiger partial charge on any atom is -0.415 e. The maximum Gasteiger partial charge on any atom is 0.235 e. The van der Waals surface area contributed by atoms with E-state index in [-0.39, 0.29) is 49.8 Å². The average Bonchev–Trinajstić information content (AvgIpc) is 3.89. The van der Waals surface area contributed by atoms with Crippen molar-refractivity contribution in [1.29, 1.82) is 0 Å². The van der Waals surface area contributed by atoms with Crippen LogP contribution in [0.3, 0.4) is 0 Å². The van der Waals surface area contributed by atoms with Crippen LogP contribution in [0.4, 0.5) is 11.4 Å². The number of hydrogen-bond acceptors (Lipinski definition) is 8. The van der Waals surface area contributed by atoms with Gasteiger partial charge in [0.15, 0.2) is 33.3 Å². The second-order valence-electron chi connectivity index (χ2n) is 24.2. The molecule has 2 aliphatic rings. The molecule has 0 amide bonds. The van der Waals surface area contributed by atoms with Crippen LogP contribution in [0.2, 0.25) is 72.5 Å². The van der Waals surface area contributed by atoms with Crippen LogP contribution >= 0.6 is 15.9 Å². The lowest BCUT2D eigenvalue weighted by atomic mass is 9.94. The Morgan fingerprint density at radius 1 is 0.650 bits per heavy atom. The van der Waals surface area contributed by atoms with Crippen LogP contribution in [0.5, 0.6) is 0 Å². The maximum absolute atomic E-state index is 12.6. The number of nitrogens with one attached hydrogen (secondary N) is 2. The highest BCUT2D eigenvalue weighted by Gasteiger charge is 2.55. The summed E-state index contributed by atoms with van der Waals surface area (Å²) in [7, 11) is -12.2. The van der Waals surface area contributed by atoms with Gasteiger partial charge in [-0.05, 0) is 123 Å². The first-order valence-electron chi connectivity index (χ1n) is 22.9. The van der Waals surface area contributed by atoms with Gasteiger partial charge in [0, 0.05) is 23.2 Å². The Kier molecular flexibility index (Phi) is 17.9. The summed E-state index contributed by atoms with van der Waals surface area (Å²) < 4.78 is 58.8. The molecule has 3 unspecified atom stereocenters. The first kappa shape index (κ1) is 54.3. The van der Waals surface area contributed by atoms with Crippen molar-refractivity contribution in [2.75, 3.05) is 36.3 Å². The van der Waals surface area contributed by atoms with E-state index in [2.05, 4.69) is 166 Å². The molecule has 15 heteroatoms. The molecule has 1 aromatic carbocycles. The largest absolute Gasteiger partial charge is 0.415 e. The van der Waals surface area contributed by atoms with Gasteiger partial charge >= 0.3 is 0 Å². The number of hydrogen-bond donors (Lipinski definition) is 2. The number of likely N-dealkylation sites (tertiary alicyclic amines) is 1. The molecule has 9 nitrogen and oxygen atoms in total. The molecule has 1 heterocycles. The van der Waals surface area contributed by atoms with Crippen LogP contribution in [-0.2, 0) is 27.7 Å². The summed E-state index contributed by atoms with van der Waals surface area (Å²) in [6, 6.07) is 5.75. The van der Waals surface area contributed by atoms with E-state index in [0.717, 1.165) is 68.3 Å². The molecule has 3 rings (SSSR count). The molecule has 60 heavy (non-hydrogen) atoms. The van der Waals surface area contributed by atoms with Gasteiger partial charge in [-0.15, -0.1) is 0 Å². The van der Waals surface area contributed by atoms with Crippen molar-refractivity contribution in [3.63, 3.8) is 0 Å². The van der Waals surface area contributed by atoms with E-state index in [1.54, 1.807) is 0 Å². The maximum atomic E-state index is 12.6. The van der Waals surface area contributed by atoms with Gasteiger partial charge in [0.05, 0.1) is 41.9 Å². The van der Waals surface area contributed by atoms with Crippen LogP contribution in [0, 0.1) is 0 Å². The molecule has 1 aromatic rings. The summed E-state index contributed by atoms with van der Waals surface area (Å²) >= 11 is 3.57. The lowest BCUT2D eigenvalue weighted by Gasteiger charge is -2.56. The van der Waals surface area contributed by atoms with E-state index in [1.807, 2.05) is 18.2 Å². The summed E-state index contributed by atoms with van der Waals surface area (Å²) in [6.45, 7) is 50.3. The second kappa shape index (κ2) is 19.8. The Bertz CT molecular complexity index is 1660. The van der Waals surface area contributed by atoms with E-state index < -0.39 is 43.3 Å². The summed E-state index contributed by atoms with van der Waals surface area (Å²) in [5.41, 5.74) is 1.50. The Labute approximate surface area is 382 Å². The van der Waals surface area contributed by atoms with E-state index >= 15 is 0 Å². The highest BCUT2D eigenvalue weighted by atomic mass is 79.9. The fraction of sp³-hybridized carbons (Fsp3) is 0.867. The summed E-state index contributed by atoms with van der Waals surface area (Å²) in [5.74, 6) is 0. The number of nitrogens with zero attached hydrogens (tertiary/aromatic N) is 1. The third-order valence-corrected chi connectivity index (χ3v) is 35.2. The minimum atomic E-state index is -3.32. The smallest absolute Gasteiger partial charge is 0.235 e. The predicted molar refractivity (Wildman–Crippen MR) is 271 cm³/mol. The van der Waals surface area contributed by atoms with Crippen molar-refractivity contribution in [3.8, 4) is 0 Å². The predicted octanol–water partition coefficient (Wildman–Crippen LogP) is 13.2. The monoisotopic (exact) mass is 991 g/mol. The molecular weight excluding hydrogens is 903 g/mol. The Morgan fingerprint density at radius 3 is 1.62 bits per heavy atom. The second-order valence-corrected chi connectivity index (χ2v) is 46.1. The number of unbranched alkanes of at least 4 members (excludes halogenated alkanes) is 3. The van der Waals surface area contributed by atoms with Gasteiger partial charge in [-0.25, -0.2) is 8.42 Å². The summed E-state index contributed by atoms with van der Waals surface area (Å²) in [6.07, 6.45) is 5.23. The molecule has 1 aliphatic carbocycles. The molecule has 0 bridgehead atoms. The number of rotatable bonds is 20. The standard InChI is InChI=1S/C45H90BrN3O6SSi4/c1-42(2,3)57(13,14)52-33-38-40(54-59(17,18)44(7,8)9)41(55-60(19,20)45(10,11)12)39(53-58(15,16)43(4,5)6)32-49(38)28-24-22-21-23-27-47-35-29-34(46)30-36(31-35)48-56(50,51)37-25-26-37/h29-31,37-41,47-48H,21-28,32-33H2,1-20H3/t38-,39?,40?,41?/m1/s1. The third kappa shape index (κ3) is 14.7. The van der Waals surface area contributed by atoms with Crippen LogP contribution in [-0.4, -0.2) is 102 Å². The first-order chi connectivity index (χ1) is 26.9. The summed E-state index contributed by atoms with van der Waals surface area (Å²) in [5, 5.41) is 3.46. The zero-order valence-electron chi connectivity index (χ0n) is 41.9. The number of benzene rings is 1. The zero-order valence-corrected chi connectivity index (χ0v) is 48.3. The van der Waals surface area contributed by atoms with Crippen LogP contribution in [0.15, 0.2) is 22.7 Å². The SMILES string of the molecule is CC(C)(C)[Si](C)(C)OC[C@@H]1C(O[Si](C)(C)C(C)(C)C)C(O[Si](C)(C)C(C)(C)C)C(O[Si](C)(C)C(C)(C)C)CN1CCCCCCNc1cc(Br)cc(NS(=O)(=O)C2CC2)c1. The molecule has 0 aromatic heterocycles.